The van der Waals surface area contributed by atoms with Crippen molar-refractivity contribution in [3.05, 3.63) is 479 Å². The molecule has 0 aliphatic heterocycles. The molecule has 0 N–H and O–H groups in total. The molecule has 28 aromatic rings. The Morgan fingerprint density at radius 2 is 0.526 bits per heavy atom. The highest BCUT2D eigenvalue weighted by molar-refractivity contribution is 7.30. The molecule has 9 aromatic heterocycles. The molecule has 19 aromatic carbocycles. The largest absolute Gasteiger partial charge is 0.309 e. The van der Waals surface area contributed by atoms with Crippen LogP contribution in [0, 0.1) is 0 Å². The number of para-hydroxylation sites is 9. The molecule has 28 rings (SSSR count). The summed E-state index contributed by atoms with van der Waals surface area (Å²) in [5.41, 5.74) is 17.4. The number of fused-ring (bicyclic) bond motifs is 20. The van der Waals surface area contributed by atoms with Crippen molar-refractivity contribution >= 4 is 204 Å². The molecule has 11 nitrogen and oxygen atoms in total. The molecule has 0 fully saturated rings. The monoisotopic (exact) mass is 1800 g/mol. The van der Waals surface area contributed by atoms with E-state index in [0.29, 0.717) is 17.5 Å². The molecule has 0 amide bonds. The highest BCUT2D eigenvalue weighted by Crippen LogP contribution is 2.43. The molecule has 0 aliphatic rings. The van der Waals surface area contributed by atoms with E-state index < -0.39 is 16.1 Å². The first kappa shape index (κ1) is 78.2. The summed E-state index contributed by atoms with van der Waals surface area (Å²) in [6, 6.07) is 176. The second kappa shape index (κ2) is 31.0. The number of nitrogens with zero attached hydrogens (tertiary/aromatic N) is 11. The summed E-state index contributed by atoms with van der Waals surface area (Å²) in [6.07, 6.45) is 0. The minimum atomic E-state index is -3.16. The van der Waals surface area contributed by atoms with Crippen LogP contribution in [0.2, 0.25) is 0 Å². The van der Waals surface area contributed by atoms with Crippen LogP contribution in [0.4, 0.5) is 0 Å². The van der Waals surface area contributed by atoms with Gasteiger partial charge in [0.05, 0.1) is 66.2 Å². The normalized spacial score (nSPS) is 12.2. The first-order chi connectivity index (χ1) is 67.9. The minimum absolute atomic E-state index is 0.579. The van der Waals surface area contributed by atoms with Crippen LogP contribution in [-0.4, -0.2) is 68.3 Å². The number of benzene rings is 19. The van der Waals surface area contributed by atoms with E-state index in [4.69, 9.17) is 24.9 Å². The number of rotatable bonds is 16. The summed E-state index contributed by atoms with van der Waals surface area (Å²) in [5.74, 6) is 4.84. The van der Waals surface area contributed by atoms with Crippen molar-refractivity contribution in [1.29, 1.82) is 0 Å². The fourth-order valence-electron chi connectivity index (χ4n) is 22.7. The number of hydrogen-bond donors (Lipinski definition) is 0. The number of hydrogen-bond acceptors (Lipinski definition) is 6. The summed E-state index contributed by atoms with van der Waals surface area (Å²) >= 11 is 1.90. The molecule has 14 heteroatoms. The number of thiophene rings is 1. The zero-order valence-corrected chi connectivity index (χ0v) is 76.8. The van der Waals surface area contributed by atoms with Crippen LogP contribution in [0.25, 0.3) is 198 Å². The quantitative estimate of drug-likeness (QED) is 0.0710. The molecule has 0 spiro atoms. The van der Waals surface area contributed by atoms with Gasteiger partial charge in [-0.15, -0.1) is 11.3 Å². The molecule has 137 heavy (non-hydrogen) atoms. The highest BCUT2D eigenvalue weighted by Gasteiger charge is 2.45. The van der Waals surface area contributed by atoms with Crippen molar-refractivity contribution in [2.24, 2.45) is 0 Å². The summed E-state index contributed by atoms with van der Waals surface area (Å²) in [4.78, 5) is 28.7. The van der Waals surface area contributed by atoms with Crippen LogP contribution in [-0.2, 0) is 0 Å². The van der Waals surface area contributed by atoms with Gasteiger partial charge in [0.25, 0.3) is 0 Å². The number of aromatic nitrogens is 11. The standard InChI is InChI=1S/C123H79N11SSi2/c1-5-34-85(35-6-1)136(86-36-7-2-8-37-86,91-42-31-33-84(77-91)129-103-52-21-13-43-92(103)93-44-14-22-53-104(93)129)89-69-63-80(64-70-89)122-127-118(131-107-56-25-17-47-96(107)97-48-18-26-57-108(97)131)79-119(128-122)134-112-60-29-28-59-111(112)133-113-76-83(67-73-102(113)124-123(133)134)82-68-74-110-101(75-82)98-49-19-27-58-109(98)132(110)117-78-116(130-105-54-23-15-45-94(105)95-46-16-24-55-106(95)130)125-121(126-117)81-65-71-90(72-66-81)137(87-38-9-3-10-39-87,88-40-11-4-12-41-88)115-62-32-51-100-99-50-20-30-61-114(99)135-120(100)115/h1-79H. The summed E-state index contributed by atoms with van der Waals surface area (Å²) in [5, 5.41) is 22.1. The predicted molar refractivity (Wildman–Crippen MR) is 574 cm³/mol. The van der Waals surface area contributed by atoms with Gasteiger partial charge in [-0.3, -0.25) is 22.7 Å². The Labute approximate surface area is 792 Å². The van der Waals surface area contributed by atoms with E-state index in [1.807, 2.05) is 11.3 Å². The fraction of sp³-hybridized carbons (Fsp3) is 0. The third-order valence-corrected chi connectivity index (χ3v) is 39.6. The van der Waals surface area contributed by atoms with Gasteiger partial charge < -0.3 is 4.57 Å². The zero-order valence-electron chi connectivity index (χ0n) is 73.9. The average molecular weight is 1800 g/mol. The molecule has 640 valence electrons. The molecule has 0 saturated heterocycles. The van der Waals surface area contributed by atoms with Crippen molar-refractivity contribution < 1.29 is 0 Å². The molecular formula is C123H79N11SSi2. The summed E-state index contributed by atoms with van der Waals surface area (Å²) in [7, 11) is -6.24. The van der Waals surface area contributed by atoms with Crippen LogP contribution < -0.4 is 41.5 Å². The number of imidazole rings is 2. The van der Waals surface area contributed by atoms with E-state index in [0.717, 1.165) is 139 Å². The Balaban J connectivity index is 0.592. The van der Waals surface area contributed by atoms with Gasteiger partial charge in [0.1, 0.15) is 23.3 Å². The molecule has 0 bridgehead atoms. The lowest BCUT2D eigenvalue weighted by atomic mass is 10.0. The van der Waals surface area contributed by atoms with Gasteiger partial charge >= 0.3 is 0 Å². The SMILES string of the molecule is c1ccc([Si](c2ccccc2)(c2ccc(-c3nc(-n4c5ccccc5c5ccccc54)cc(-n4c5ccccc5n5c6cc(-c7ccc8c(c7)c7ccccc7n8-c7cc(-n8c9ccccc9c9ccccc98)nc(-c8ccc([Si](c9ccccc9)(c9ccccc9)c9cccc%10c9sc9ccccc9%10)cc8)n7)ccc6nc45)n3)cc2)c2cccc(-n3c4ccccc4c4ccccc43)c2)cc1. The lowest BCUT2D eigenvalue weighted by Crippen LogP contribution is -2.74. The van der Waals surface area contributed by atoms with Crippen LogP contribution in [0.1, 0.15) is 0 Å². The molecule has 0 radical (unpaired) electrons. The molecule has 0 atom stereocenters. The van der Waals surface area contributed by atoms with Crippen LogP contribution >= 0.6 is 11.3 Å². The van der Waals surface area contributed by atoms with E-state index in [1.165, 1.54) is 83.5 Å². The van der Waals surface area contributed by atoms with Gasteiger partial charge in [0.15, 0.2) is 27.8 Å². The second-order valence-corrected chi connectivity index (χ2v) is 44.4. The predicted octanol–water partition coefficient (Wildman–Crippen LogP) is 24.5. The van der Waals surface area contributed by atoms with Crippen molar-refractivity contribution in [1.82, 2.24) is 52.2 Å². The van der Waals surface area contributed by atoms with Crippen LogP contribution in [0.5, 0.6) is 0 Å². The Morgan fingerprint density at radius 1 is 0.190 bits per heavy atom. The van der Waals surface area contributed by atoms with E-state index in [1.54, 1.807) is 0 Å². The lowest BCUT2D eigenvalue weighted by Gasteiger charge is -2.35. The smallest absolute Gasteiger partial charge is 0.221 e. The third-order valence-electron chi connectivity index (χ3n) is 28.6. The molecule has 0 saturated carbocycles. The second-order valence-electron chi connectivity index (χ2n) is 35.7. The first-order valence-corrected chi connectivity index (χ1v) is 51.4. The molecule has 0 aliphatic carbocycles. The summed E-state index contributed by atoms with van der Waals surface area (Å²) in [6.45, 7) is 0. The Kier molecular flexibility index (Phi) is 17.7. The summed E-state index contributed by atoms with van der Waals surface area (Å²) < 4.78 is 16.6. The molecular weight excluding hydrogens is 1720 g/mol. The van der Waals surface area contributed by atoms with Crippen LogP contribution in [0.15, 0.2) is 479 Å². The van der Waals surface area contributed by atoms with E-state index in [2.05, 4.69) is 506 Å². The van der Waals surface area contributed by atoms with Gasteiger partial charge in [0, 0.05) is 92.2 Å². The van der Waals surface area contributed by atoms with Gasteiger partial charge in [-0.1, -0.05) is 370 Å². The first-order valence-electron chi connectivity index (χ1n) is 46.6. The lowest BCUT2D eigenvalue weighted by molar-refractivity contribution is 0.980. The van der Waals surface area contributed by atoms with E-state index in [9.17, 15) is 0 Å². The van der Waals surface area contributed by atoms with Crippen molar-refractivity contribution in [2.45, 2.75) is 0 Å². The van der Waals surface area contributed by atoms with Crippen molar-refractivity contribution in [3.8, 4) is 62.9 Å². The maximum atomic E-state index is 5.79. The van der Waals surface area contributed by atoms with Gasteiger partial charge in [-0.25, -0.2) is 24.9 Å². The minimum Gasteiger partial charge on any atom is -0.309 e. The third kappa shape index (κ3) is 11.9. The van der Waals surface area contributed by atoms with Gasteiger partial charge in [-0.2, -0.15) is 0 Å². The maximum Gasteiger partial charge on any atom is 0.221 e. The highest BCUT2D eigenvalue weighted by atomic mass is 32.1. The Bertz CT molecular complexity index is 9520. The van der Waals surface area contributed by atoms with Crippen molar-refractivity contribution in [3.63, 3.8) is 0 Å². The van der Waals surface area contributed by atoms with Gasteiger partial charge in [-0.05, 0) is 150 Å². The fourth-order valence-corrected chi connectivity index (χ4v) is 34.0. The average Bonchev–Trinajstić information content (AvgIpc) is 1.60. The topological polar surface area (TPSA) is 93.5 Å². The van der Waals surface area contributed by atoms with Crippen LogP contribution in [0.3, 0.4) is 0 Å². The Morgan fingerprint density at radius 3 is 1.00 bits per heavy atom. The maximum absolute atomic E-state index is 5.79. The van der Waals surface area contributed by atoms with E-state index in [-0.39, 0.29) is 0 Å². The van der Waals surface area contributed by atoms with Gasteiger partial charge in [0.2, 0.25) is 5.78 Å². The van der Waals surface area contributed by atoms with E-state index >= 15 is 0 Å². The Hall–Kier alpha value is -17.5. The molecule has 9 heterocycles. The zero-order chi connectivity index (χ0) is 90.0. The molecule has 0 unspecified atom stereocenters. The van der Waals surface area contributed by atoms with Crippen molar-refractivity contribution in [2.75, 3.05) is 0 Å².